The Labute approximate surface area is 167 Å². The van der Waals surface area contributed by atoms with E-state index in [1.807, 2.05) is 0 Å². The van der Waals surface area contributed by atoms with Crippen LogP contribution in [0.25, 0.3) is 22.7 Å². The maximum Gasteiger partial charge on any atom is 0.434 e. The van der Waals surface area contributed by atoms with Crippen molar-refractivity contribution < 1.29 is 21.6 Å². The van der Waals surface area contributed by atoms with Crippen molar-refractivity contribution in [1.29, 1.82) is 0 Å². The Morgan fingerprint density at radius 2 is 1.97 bits per heavy atom. The van der Waals surface area contributed by atoms with E-state index < -0.39 is 21.7 Å². The van der Waals surface area contributed by atoms with Gasteiger partial charge >= 0.3 is 6.18 Å². The number of fused-ring (bicyclic) bond motifs is 2. The zero-order valence-electron chi connectivity index (χ0n) is 15.5. The third-order valence-electron chi connectivity index (χ3n) is 4.92. The maximum atomic E-state index is 13.0. The van der Waals surface area contributed by atoms with Crippen LogP contribution in [-0.2, 0) is 16.0 Å². The van der Waals surface area contributed by atoms with Gasteiger partial charge in [0, 0.05) is 17.8 Å². The monoisotopic (exact) mass is 437 g/mol. The SMILES string of the molecule is CCS(=O)(=O)c1nn2c(C3CC3)ccnc2c1-c1nc2cnc(C(F)(F)F)cn2n1. The summed E-state index contributed by atoms with van der Waals surface area (Å²) in [6.07, 6.45) is 0.458. The minimum Gasteiger partial charge on any atom is -0.246 e. The summed E-state index contributed by atoms with van der Waals surface area (Å²) in [7, 11) is -3.79. The summed E-state index contributed by atoms with van der Waals surface area (Å²) in [5, 5.41) is 8.14. The average Bonchev–Trinajstić information content (AvgIpc) is 3.33. The molecule has 0 unspecified atom stereocenters. The third kappa shape index (κ3) is 2.91. The molecule has 1 saturated carbocycles. The lowest BCUT2D eigenvalue weighted by Gasteiger charge is -2.03. The van der Waals surface area contributed by atoms with Crippen molar-refractivity contribution in [1.82, 2.24) is 34.2 Å². The molecule has 5 rings (SSSR count). The van der Waals surface area contributed by atoms with Gasteiger partial charge in [-0.2, -0.15) is 18.3 Å². The molecule has 4 aromatic rings. The van der Waals surface area contributed by atoms with Gasteiger partial charge in [0.15, 0.2) is 37.7 Å². The second-order valence-corrected chi connectivity index (χ2v) is 9.16. The van der Waals surface area contributed by atoms with Crippen molar-refractivity contribution in [3.05, 3.63) is 36.0 Å². The number of halogens is 3. The first-order valence-corrected chi connectivity index (χ1v) is 10.7. The van der Waals surface area contributed by atoms with Crippen LogP contribution in [0.4, 0.5) is 13.2 Å². The van der Waals surface area contributed by atoms with Crippen LogP contribution in [0.3, 0.4) is 0 Å². The van der Waals surface area contributed by atoms with Crippen molar-refractivity contribution in [2.75, 3.05) is 5.75 Å². The highest BCUT2D eigenvalue weighted by atomic mass is 32.2. The molecule has 0 spiro atoms. The topological polar surface area (TPSA) is 107 Å². The molecular formula is C17H14F3N7O2S. The molecule has 156 valence electrons. The van der Waals surface area contributed by atoms with Crippen LogP contribution < -0.4 is 0 Å². The Morgan fingerprint density at radius 1 is 1.20 bits per heavy atom. The average molecular weight is 437 g/mol. The summed E-state index contributed by atoms with van der Waals surface area (Å²) in [6.45, 7) is 1.48. The summed E-state index contributed by atoms with van der Waals surface area (Å²) in [5.74, 6) is -0.0397. The highest BCUT2D eigenvalue weighted by Crippen LogP contribution is 2.41. The van der Waals surface area contributed by atoms with E-state index in [1.165, 1.54) is 11.4 Å². The Bertz CT molecular complexity index is 1400. The smallest absolute Gasteiger partial charge is 0.246 e. The highest BCUT2D eigenvalue weighted by Gasteiger charge is 2.35. The van der Waals surface area contributed by atoms with Crippen molar-refractivity contribution in [2.24, 2.45) is 0 Å². The molecule has 0 aromatic carbocycles. The largest absolute Gasteiger partial charge is 0.434 e. The summed E-state index contributed by atoms with van der Waals surface area (Å²) in [5.41, 5.74) is 0.0314. The molecule has 4 heterocycles. The molecule has 13 heteroatoms. The molecule has 9 nitrogen and oxygen atoms in total. The molecule has 0 atom stereocenters. The Hall–Kier alpha value is -3.09. The first kappa shape index (κ1) is 18.9. The van der Waals surface area contributed by atoms with Crippen LogP contribution in [-0.4, -0.2) is 48.4 Å². The molecule has 1 aliphatic carbocycles. The van der Waals surface area contributed by atoms with Gasteiger partial charge in [-0.15, -0.1) is 5.10 Å². The minimum absolute atomic E-state index is 0.0375. The number of alkyl halides is 3. The van der Waals surface area contributed by atoms with E-state index in [9.17, 15) is 21.6 Å². The standard InChI is InChI=1S/C17H14F3N7O2S/c1-2-30(28,29)16-13(15-21-6-5-10(9-3-4-9)27(15)25-16)14-23-12-7-22-11(17(18,19)20)8-26(12)24-14/h5-9H,2-4H2,1H3. The second kappa shape index (κ2) is 6.20. The van der Waals surface area contributed by atoms with Crippen molar-refractivity contribution in [2.45, 2.75) is 36.9 Å². The van der Waals surface area contributed by atoms with Crippen LogP contribution in [0.15, 0.2) is 29.7 Å². The molecule has 1 fully saturated rings. The number of rotatable bonds is 4. The molecule has 0 N–H and O–H groups in total. The van der Waals surface area contributed by atoms with Gasteiger partial charge < -0.3 is 0 Å². The van der Waals surface area contributed by atoms with Crippen molar-refractivity contribution >= 4 is 21.1 Å². The number of hydrogen-bond acceptors (Lipinski definition) is 7. The van der Waals surface area contributed by atoms with Gasteiger partial charge in [0.2, 0.25) is 0 Å². The van der Waals surface area contributed by atoms with E-state index in [1.54, 1.807) is 12.3 Å². The molecule has 0 amide bonds. The van der Waals surface area contributed by atoms with E-state index in [2.05, 4.69) is 25.1 Å². The van der Waals surface area contributed by atoms with Gasteiger partial charge in [0.25, 0.3) is 0 Å². The molecule has 0 bridgehead atoms. The van der Waals surface area contributed by atoms with Crippen LogP contribution in [0, 0.1) is 0 Å². The molecule has 4 aromatic heterocycles. The lowest BCUT2D eigenvalue weighted by atomic mass is 10.2. The molecule has 1 aliphatic rings. The summed E-state index contributed by atoms with van der Waals surface area (Å²) >= 11 is 0. The van der Waals surface area contributed by atoms with Crippen LogP contribution >= 0.6 is 0 Å². The highest BCUT2D eigenvalue weighted by molar-refractivity contribution is 7.91. The van der Waals surface area contributed by atoms with Gasteiger partial charge in [-0.05, 0) is 18.9 Å². The Kier molecular flexibility index (Phi) is 3.91. The van der Waals surface area contributed by atoms with E-state index in [-0.39, 0.29) is 39.4 Å². The molecule has 0 radical (unpaired) electrons. The first-order chi connectivity index (χ1) is 14.2. The molecule has 0 aliphatic heterocycles. The minimum atomic E-state index is -4.65. The predicted molar refractivity (Wildman–Crippen MR) is 97.5 cm³/mol. The third-order valence-corrected chi connectivity index (χ3v) is 6.56. The van der Waals surface area contributed by atoms with Gasteiger partial charge in [-0.1, -0.05) is 6.92 Å². The van der Waals surface area contributed by atoms with Gasteiger partial charge in [-0.3, -0.25) is 0 Å². The fraction of sp³-hybridized carbons (Fsp3) is 0.353. The van der Waals surface area contributed by atoms with Crippen molar-refractivity contribution in [3.63, 3.8) is 0 Å². The van der Waals surface area contributed by atoms with Gasteiger partial charge in [-0.25, -0.2) is 32.4 Å². The second-order valence-electron chi connectivity index (χ2n) is 6.97. The number of nitrogens with zero attached hydrogens (tertiary/aromatic N) is 7. The predicted octanol–water partition coefficient (Wildman–Crippen LogP) is 2.52. The number of sulfone groups is 1. The van der Waals surface area contributed by atoms with E-state index in [0.717, 1.165) is 29.2 Å². The number of hydrogen-bond donors (Lipinski definition) is 0. The fourth-order valence-corrected chi connectivity index (χ4v) is 4.20. The van der Waals surface area contributed by atoms with Crippen molar-refractivity contribution in [3.8, 4) is 11.4 Å². The fourth-order valence-electron chi connectivity index (χ4n) is 3.23. The molecular weight excluding hydrogens is 423 g/mol. The quantitative estimate of drug-likeness (QED) is 0.483. The van der Waals surface area contributed by atoms with Gasteiger partial charge in [0.05, 0.1) is 18.1 Å². The van der Waals surface area contributed by atoms with Crippen LogP contribution in [0.2, 0.25) is 0 Å². The Balaban J connectivity index is 1.79. The van der Waals surface area contributed by atoms with Crippen LogP contribution in [0.5, 0.6) is 0 Å². The summed E-state index contributed by atoms with van der Waals surface area (Å²) in [4.78, 5) is 11.8. The van der Waals surface area contributed by atoms with Crippen LogP contribution in [0.1, 0.15) is 37.1 Å². The molecule has 0 saturated heterocycles. The van der Waals surface area contributed by atoms with Gasteiger partial charge in [0.1, 0.15) is 5.56 Å². The first-order valence-electron chi connectivity index (χ1n) is 9.09. The number of aromatic nitrogens is 7. The van der Waals surface area contributed by atoms with E-state index in [4.69, 9.17) is 0 Å². The van der Waals surface area contributed by atoms with E-state index in [0.29, 0.717) is 6.20 Å². The zero-order chi connectivity index (χ0) is 21.3. The lowest BCUT2D eigenvalue weighted by molar-refractivity contribution is -0.141. The zero-order valence-corrected chi connectivity index (χ0v) is 16.3. The maximum absolute atomic E-state index is 13.0. The summed E-state index contributed by atoms with van der Waals surface area (Å²) in [6, 6.07) is 1.78. The Morgan fingerprint density at radius 3 is 2.63 bits per heavy atom. The molecule has 30 heavy (non-hydrogen) atoms. The lowest BCUT2D eigenvalue weighted by Crippen LogP contribution is -2.09. The van der Waals surface area contributed by atoms with E-state index >= 15 is 0 Å². The summed E-state index contributed by atoms with van der Waals surface area (Å²) < 4.78 is 66.8. The normalized spacial score (nSPS) is 15.3.